The molecule has 1 aromatic heterocycles. The average Bonchev–Trinajstić information content (AvgIpc) is 3.32. The van der Waals surface area contributed by atoms with E-state index in [2.05, 4.69) is 120 Å². The van der Waals surface area contributed by atoms with E-state index < -0.39 is 0 Å². The van der Waals surface area contributed by atoms with Crippen LogP contribution in [0.25, 0.3) is 0 Å². The number of anilines is 1. The van der Waals surface area contributed by atoms with E-state index in [0.29, 0.717) is 0 Å². The molecular weight excluding hydrogens is 410 g/mol. The normalized spacial score (nSPS) is 16.6. The van der Waals surface area contributed by atoms with Gasteiger partial charge in [0.2, 0.25) is 0 Å². The van der Waals surface area contributed by atoms with Crippen molar-refractivity contribution in [3.05, 3.63) is 71.5 Å². The van der Waals surface area contributed by atoms with Gasteiger partial charge in [0.05, 0.1) is 11.6 Å². The molecule has 4 rings (SSSR count). The molecule has 2 heterocycles. The summed E-state index contributed by atoms with van der Waals surface area (Å²) in [6.45, 7) is 11.6. The maximum atomic E-state index is 4.56. The van der Waals surface area contributed by atoms with Gasteiger partial charge in [0.1, 0.15) is 0 Å². The van der Waals surface area contributed by atoms with Crippen LogP contribution >= 0.6 is 0 Å². The van der Waals surface area contributed by atoms with Crippen molar-refractivity contribution in [2.75, 3.05) is 45.2 Å². The van der Waals surface area contributed by atoms with Gasteiger partial charge >= 0.3 is 0 Å². The van der Waals surface area contributed by atoms with Gasteiger partial charge in [0.25, 0.3) is 0 Å². The largest absolute Gasteiger partial charge is 0.378 e. The first-order valence-electron chi connectivity index (χ1n) is 12.0. The fourth-order valence-corrected chi connectivity index (χ4v) is 4.44. The van der Waals surface area contributed by atoms with Crippen LogP contribution in [0.4, 0.5) is 5.69 Å². The number of tetrazole rings is 1. The Morgan fingerprint density at radius 3 is 2.21 bits per heavy atom. The van der Waals surface area contributed by atoms with Gasteiger partial charge in [0, 0.05) is 52.5 Å². The van der Waals surface area contributed by atoms with Crippen molar-refractivity contribution >= 4 is 5.69 Å². The smallest absolute Gasteiger partial charge is 0.173 e. The third-order valence-corrected chi connectivity index (χ3v) is 6.92. The van der Waals surface area contributed by atoms with Crippen molar-refractivity contribution in [1.82, 2.24) is 30.0 Å². The molecule has 1 aliphatic heterocycles. The van der Waals surface area contributed by atoms with Gasteiger partial charge in [-0.3, -0.25) is 9.80 Å². The molecular formula is C26H37N7. The standard InChI is InChI=1S/C26H37N7/c1-6-26(2,3)33-25(27-28-29-33)24(22-12-14-23(15-13-22)30(4)5)32-18-16-31(17-19-32)20-21-10-8-7-9-11-21/h7-15,24H,6,16-20H2,1-5H3/t24-/m1/s1. The zero-order valence-corrected chi connectivity index (χ0v) is 20.6. The van der Waals surface area contributed by atoms with Crippen molar-refractivity contribution in [3.8, 4) is 0 Å². The summed E-state index contributed by atoms with van der Waals surface area (Å²) in [5.41, 5.74) is 3.66. The van der Waals surface area contributed by atoms with Crippen molar-refractivity contribution in [2.24, 2.45) is 0 Å². The van der Waals surface area contributed by atoms with Crippen LogP contribution < -0.4 is 4.90 Å². The number of hydrogen-bond donors (Lipinski definition) is 0. The van der Waals surface area contributed by atoms with Crippen LogP contribution in [0.2, 0.25) is 0 Å². The number of benzene rings is 2. The van der Waals surface area contributed by atoms with Gasteiger partial charge in [-0.05, 0) is 54.0 Å². The fourth-order valence-electron chi connectivity index (χ4n) is 4.44. The Balaban J connectivity index is 1.60. The summed E-state index contributed by atoms with van der Waals surface area (Å²) in [7, 11) is 4.14. The van der Waals surface area contributed by atoms with E-state index in [1.54, 1.807) is 0 Å². The monoisotopic (exact) mass is 447 g/mol. The lowest BCUT2D eigenvalue weighted by atomic mass is 9.98. The number of nitrogens with zero attached hydrogens (tertiary/aromatic N) is 7. The molecule has 0 amide bonds. The summed E-state index contributed by atoms with van der Waals surface area (Å²) < 4.78 is 2.04. The maximum absolute atomic E-state index is 4.56. The van der Waals surface area contributed by atoms with Crippen LogP contribution in [-0.4, -0.2) is 70.3 Å². The van der Waals surface area contributed by atoms with Gasteiger partial charge in [-0.1, -0.05) is 49.4 Å². The first kappa shape index (κ1) is 23.4. The molecule has 3 aromatic rings. The van der Waals surface area contributed by atoms with E-state index in [-0.39, 0.29) is 11.6 Å². The highest BCUT2D eigenvalue weighted by Crippen LogP contribution is 2.32. The Morgan fingerprint density at radius 1 is 0.939 bits per heavy atom. The van der Waals surface area contributed by atoms with Crippen LogP contribution in [0, 0.1) is 0 Å². The van der Waals surface area contributed by atoms with Gasteiger partial charge in [-0.15, -0.1) is 5.10 Å². The summed E-state index contributed by atoms with van der Waals surface area (Å²) in [5.74, 6) is 0.927. The molecule has 0 bridgehead atoms. The third kappa shape index (κ3) is 5.25. The minimum atomic E-state index is -0.143. The molecule has 33 heavy (non-hydrogen) atoms. The van der Waals surface area contributed by atoms with E-state index in [9.17, 15) is 0 Å². The second kappa shape index (κ2) is 10.0. The molecule has 1 saturated heterocycles. The molecule has 1 atom stereocenters. The number of aromatic nitrogens is 4. The quantitative estimate of drug-likeness (QED) is 0.524. The lowest BCUT2D eigenvalue weighted by Gasteiger charge is -2.39. The van der Waals surface area contributed by atoms with Crippen molar-refractivity contribution < 1.29 is 0 Å². The minimum Gasteiger partial charge on any atom is -0.378 e. The van der Waals surface area contributed by atoms with Gasteiger partial charge in [0.15, 0.2) is 5.82 Å². The molecule has 7 heteroatoms. The maximum Gasteiger partial charge on any atom is 0.173 e. The van der Waals surface area contributed by atoms with E-state index in [1.165, 1.54) is 16.8 Å². The Labute approximate surface area is 198 Å². The van der Waals surface area contributed by atoms with Gasteiger partial charge < -0.3 is 4.90 Å². The summed E-state index contributed by atoms with van der Waals surface area (Å²) in [5, 5.41) is 13.1. The second-order valence-corrected chi connectivity index (χ2v) is 9.80. The van der Waals surface area contributed by atoms with Crippen LogP contribution in [0.15, 0.2) is 54.6 Å². The molecule has 0 radical (unpaired) electrons. The molecule has 0 unspecified atom stereocenters. The second-order valence-electron chi connectivity index (χ2n) is 9.80. The van der Waals surface area contributed by atoms with E-state index in [1.807, 2.05) is 4.68 Å². The summed E-state index contributed by atoms with van der Waals surface area (Å²) in [6.07, 6.45) is 0.960. The molecule has 2 aromatic carbocycles. The molecule has 0 aliphatic carbocycles. The topological polar surface area (TPSA) is 53.3 Å². The molecule has 7 nitrogen and oxygen atoms in total. The Kier molecular flexibility index (Phi) is 7.10. The molecule has 0 N–H and O–H groups in total. The SMILES string of the molecule is CCC(C)(C)n1nnnc1[C@@H](c1ccc(N(C)C)cc1)N1CCN(Cc2ccccc2)CC1. The number of rotatable bonds is 8. The Morgan fingerprint density at radius 2 is 1.61 bits per heavy atom. The first-order chi connectivity index (χ1) is 15.9. The van der Waals surface area contributed by atoms with Gasteiger partial charge in [-0.2, -0.15) is 0 Å². The number of piperazine rings is 1. The average molecular weight is 448 g/mol. The highest BCUT2D eigenvalue weighted by molar-refractivity contribution is 5.47. The fraction of sp³-hybridized carbons (Fsp3) is 0.500. The summed E-state index contributed by atoms with van der Waals surface area (Å²) in [6, 6.07) is 19.6. The van der Waals surface area contributed by atoms with Crippen LogP contribution in [0.3, 0.4) is 0 Å². The summed E-state index contributed by atoms with van der Waals surface area (Å²) >= 11 is 0. The predicted octanol–water partition coefficient (Wildman–Crippen LogP) is 3.79. The Hall–Kier alpha value is -2.77. The molecule has 0 spiro atoms. The summed E-state index contributed by atoms with van der Waals surface area (Å²) in [4.78, 5) is 7.21. The van der Waals surface area contributed by atoms with Crippen LogP contribution in [-0.2, 0) is 12.1 Å². The van der Waals surface area contributed by atoms with E-state index in [4.69, 9.17) is 0 Å². The molecule has 0 saturated carbocycles. The minimum absolute atomic E-state index is 0.0286. The molecule has 1 aliphatic rings. The lowest BCUT2D eigenvalue weighted by molar-refractivity contribution is 0.0973. The zero-order valence-electron chi connectivity index (χ0n) is 20.6. The van der Waals surface area contributed by atoms with Crippen molar-refractivity contribution in [2.45, 2.75) is 45.3 Å². The molecule has 176 valence electrons. The predicted molar refractivity (Wildman–Crippen MR) is 133 cm³/mol. The van der Waals surface area contributed by atoms with E-state index in [0.717, 1.165) is 45.0 Å². The molecule has 1 fully saturated rings. The third-order valence-electron chi connectivity index (χ3n) is 6.92. The van der Waals surface area contributed by atoms with E-state index >= 15 is 0 Å². The lowest BCUT2D eigenvalue weighted by Crippen LogP contribution is -2.48. The van der Waals surface area contributed by atoms with Crippen LogP contribution in [0.5, 0.6) is 0 Å². The van der Waals surface area contributed by atoms with Crippen molar-refractivity contribution in [3.63, 3.8) is 0 Å². The highest BCUT2D eigenvalue weighted by atomic mass is 15.6. The first-order valence-corrected chi connectivity index (χ1v) is 12.0. The van der Waals surface area contributed by atoms with Crippen LogP contribution in [0.1, 0.15) is 50.2 Å². The highest BCUT2D eigenvalue weighted by Gasteiger charge is 2.34. The number of hydrogen-bond acceptors (Lipinski definition) is 6. The van der Waals surface area contributed by atoms with Gasteiger partial charge in [-0.25, -0.2) is 4.68 Å². The zero-order chi connectivity index (χ0) is 23.4. The van der Waals surface area contributed by atoms with Crippen molar-refractivity contribution in [1.29, 1.82) is 0 Å². The Bertz CT molecular complexity index is 1000.